The van der Waals surface area contributed by atoms with Crippen molar-refractivity contribution in [3.63, 3.8) is 0 Å². The zero-order chi connectivity index (χ0) is 21.5. The van der Waals surface area contributed by atoms with E-state index < -0.39 is 0 Å². The summed E-state index contributed by atoms with van der Waals surface area (Å²) in [5.41, 5.74) is 2.04. The van der Waals surface area contributed by atoms with Gasteiger partial charge in [-0.3, -0.25) is 4.79 Å². The number of methoxy groups -OCH3 is 1. The lowest BCUT2D eigenvalue weighted by molar-refractivity contribution is -0.115. The van der Waals surface area contributed by atoms with Crippen molar-refractivity contribution in [3.05, 3.63) is 58.5 Å². The van der Waals surface area contributed by atoms with Gasteiger partial charge in [0.05, 0.1) is 12.0 Å². The minimum atomic E-state index is -0.181. The Bertz CT molecular complexity index is 958. The summed E-state index contributed by atoms with van der Waals surface area (Å²) in [4.78, 5) is 12.4. The van der Waals surface area contributed by atoms with E-state index in [-0.39, 0.29) is 5.91 Å². The van der Waals surface area contributed by atoms with Crippen molar-refractivity contribution in [3.8, 4) is 17.2 Å². The Hall–Kier alpha value is -2.51. The number of para-hydroxylation sites is 1. The quantitative estimate of drug-likeness (QED) is 0.328. The molecule has 1 unspecified atom stereocenters. The standard InChI is InChI=1S/C23H25NO4S2/c1-4-15(2)17-7-5-6-8-18(17)27-11-12-28-19-10-9-16(13-20(19)26-3)14-21-22(25)24-23(29)30-21/h5-10,13-15H,4,11-12H2,1-3H3,(H,24,25,29). The Morgan fingerprint density at radius 1 is 1.10 bits per heavy atom. The number of amides is 1. The van der Waals surface area contributed by atoms with Crippen LogP contribution in [0.15, 0.2) is 47.4 Å². The minimum absolute atomic E-state index is 0.181. The Kier molecular flexibility index (Phi) is 7.76. The second-order valence-corrected chi connectivity index (χ2v) is 8.53. The first-order chi connectivity index (χ1) is 14.5. The summed E-state index contributed by atoms with van der Waals surface area (Å²) in [6, 6.07) is 13.6. The molecule has 2 aromatic rings. The lowest BCUT2D eigenvalue weighted by Crippen LogP contribution is -2.17. The monoisotopic (exact) mass is 443 g/mol. The molecule has 1 heterocycles. The van der Waals surface area contributed by atoms with Gasteiger partial charge in [-0.05, 0) is 47.7 Å². The molecule has 1 aliphatic heterocycles. The Balaban J connectivity index is 1.61. The molecule has 1 amide bonds. The molecule has 3 rings (SSSR count). The summed E-state index contributed by atoms with van der Waals surface area (Å²) in [5.74, 6) is 2.37. The van der Waals surface area contributed by atoms with Crippen LogP contribution in [0.4, 0.5) is 0 Å². The molecule has 7 heteroatoms. The van der Waals surface area contributed by atoms with E-state index in [4.69, 9.17) is 26.4 Å². The van der Waals surface area contributed by atoms with Crippen molar-refractivity contribution in [2.45, 2.75) is 26.2 Å². The SMILES string of the molecule is CCC(C)c1ccccc1OCCOc1ccc(C=C2SC(=S)NC2=O)cc1OC. The van der Waals surface area contributed by atoms with Gasteiger partial charge in [-0.15, -0.1) is 0 Å². The van der Waals surface area contributed by atoms with Gasteiger partial charge in [0.15, 0.2) is 11.5 Å². The van der Waals surface area contributed by atoms with Gasteiger partial charge in [0, 0.05) is 0 Å². The molecule has 0 aliphatic carbocycles. The molecule has 0 radical (unpaired) electrons. The van der Waals surface area contributed by atoms with Crippen molar-refractivity contribution >= 4 is 40.3 Å². The number of carbonyl (C=O) groups is 1. The highest BCUT2D eigenvalue weighted by atomic mass is 32.2. The average molecular weight is 444 g/mol. The van der Waals surface area contributed by atoms with Crippen LogP contribution in [-0.2, 0) is 4.79 Å². The predicted octanol–water partition coefficient (Wildman–Crippen LogP) is 5.16. The summed E-state index contributed by atoms with van der Waals surface area (Å²) in [6.45, 7) is 5.18. The second kappa shape index (κ2) is 10.5. The number of benzene rings is 2. The molecule has 158 valence electrons. The maximum absolute atomic E-state index is 11.8. The first-order valence-electron chi connectivity index (χ1n) is 9.79. The van der Waals surface area contributed by atoms with Crippen LogP contribution < -0.4 is 19.5 Å². The molecule has 5 nitrogen and oxygen atoms in total. The summed E-state index contributed by atoms with van der Waals surface area (Å²) >= 11 is 6.26. The van der Waals surface area contributed by atoms with Crippen LogP contribution in [0, 0.1) is 0 Å². The fourth-order valence-electron chi connectivity index (χ4n) is 3.01. The van der Waals surface area contributed by atoms with Crippen LogP contribution >= 0.6 is 24.0 Å². The summed E-state index contributed by atoms with van der Waals surface area (Å²) in [6.07, 6.45) is 2.84. The lowest BCUT2D eigenvalue weighted by Gasteiger charge is -2.16. The fourth-order valence-corrected chi connectivity index (χ4v) is 4.05. The van der Waals surface area contributed by atoms with Crippen LogP contribution in [0.2, 0.25) is 0 Å². The number of thioether (sulfide) groups is 1. The van der Waals surface area contributed by atoms with Crippen LogP contribution in [-0.4, -0.2) is 30.6 Å². The van der Waals surface area contributed by atoms with Gasteiger partial charge < -0.3 is 19.5 Å². The number of nitrogens with one attached hydrogen (secondary N) is 1. The molecule has 1 N–H and O–H groups in total. The number of rotatable bonds is 9. The predicted molar refractivity (Wildman–Crippen MR) is 125 cm³/mol. The molecule has 30 heavy (non-hydrogen) atoms. The number of thiocarbonyl (C=S) groups is 1. The summed E-state index contributed by atoms with van der Waals surface area (Å²) < 4.78 is 17.7. The molecule has 2 aromatic carbocycles. The highest BCUT2D eigenvalue weighted by Gasteiger charge is 2.22. The number of ether oxygens (including phenoxy) is 3. The molecular formula is C23H25NO4S2. The molecule has 1 aliphatic rings. The zero-order valence-electron chi connectivity index (χ0n) is 17.3. The van der Waals surface area contributed by atoms with E-state index in [2.05, 4.69) is 25.2 Å². The smallest absolute Gasteiger partial charge is 0.263 e. The Labute approximate surface area is 186 Å². The third-order valence-electron chi connectivity index (χ3n) is 4.79. The molecule has 0 saturated carbocycles. The van der Waals surface area contributed by atoms with Crippen molar-refractivity contribution in [2.24, 2.45) is 0 Å². The average Bonchev–Trinajstić information content (AvgIpc) is 3.08. The number of hydrogen-bond donors (Lipinski definition) is 1. The third-order valence-corrected chi connectivity index (χ3v) is 5.95. The molecule has 0 bridgehead atoms. The van der Waals surface area contributed by atoms with Crippen molar-refractivity contribution in [2.75, 3.05) is 20.3 Å². The Morgan fingerprint density at radius 3 is 2.50 bits per heavy atom. The van der Waals surface area contributed by atoms with Gasteiger partial charge in [0.25, 0.3) is 5.91 Å². The number of hydrogen-bond acceptors (Lipinski definition) is 6. The highest BCUT2D eigenvalue weighted by molar-refractivity contribution is 8.26. The topological polar surface area (TPSA) is 56.8 Å². The van der Waals surface area contributed by atoms with E-state index in [1.807, 2.05) is 36.4 Å². The summed E-state index contributed by atoms with van der Waals surface area (Å²) in [5, 5.41) is 2.61. The van der Waals surface area contributed by atoms with Gasteiger partial charge >= 0.3 is 0 Å². The van der Waals surface area contributed by atoms with E-state index in [9.17, 15) is 4.79 Å². The molecular weight excluding hydrogens is 418 g/mol. The van der Waals surface area contributed by atoms with E-state index in [0.29, 0.717) is 39.9 Å². The van der Waals surface area contributed by atoms with E-state index in [1.165, 1.54) is 17.3 Å². The molecule has 0 aromatic heterocycles. The van der Waals surface area contributed by atoms with Gasteiger partial charge in [0.1, 0.15) is 23.3 Å². The molecule has 1 fully saturated rings. The van der Waals surface area contributed by atoms with Crippen LogP contribution in [0.5, 0.6) is 17.2 Å². The van der Waals surface area contributed by atoms with Gasteiger partial charge in [-0.1, -0.05) is 62.1 Å². The van der Waals surface area contributed by atoms with Crippen molar-refractivity contribution < 1.29 is 19.0 Å². The molecule has 1 saturated heterocycles. The van der Waals surface area contributed by atoms with Crippen LogP contribution in [0.25, 0.3) is 6.08 Å². The highest BCUT2D eigenvalue weighted by Crippen LogP contribution is 2.32. The maximum Gasteiger partial charge on any atom is 0.263 e. The normalized spacial score (nSPS) is 15.8. The lowest BCUT2D eigenvalue weighted by atomic mass is 9.98. The maximum atomic E-state index is 11.8. The van der Waals surface area contributed by atoms with Crippen molar-refractivity contribution in [1.29, 1.82) is 0 Å². The number of carbonyl (C=O) groups excluding carboxylic acids is 1. The third kappa shape index (κ3) is 5.55. The molecule has 0 spiro atoms. The second-order valence-electron chi connectivity index (χ2n) is 6.81. The Morgan fingerprint density at radius 2 is 1.83 bits per heavy atom. The fraction of sp³-hybridized carbons (Fsp3) is 0.304. The van der Waals surface area contributed by atoms with Crippen LogP contribution in [0.3, 0.4) is 0 Å². The van der Waals surface area contributed by atoms with Crippen molar-refractivity contribution in [1.82, 2.24) is 5.32 Å². The van der Waals surface area contributed by atoms with Gasteiger partial charge in [0.2, 0.25) is 0 Å². The summed E-state index contributed by atoms with van der Waals surface area (Å²) in [7, 11) is 1.59. The van der Waals surface area contributed by atoms with E-state index in [1.54, 1.807) is 13.2 Å². The van der Waals surface area contributed by atoms with E-state index >= 15 is 0 Å². The van der Waals surface area contributed by atoms with Crippen LogP contribution in [0.1, 0.15) is 37.3 Å². The van der Waals surface area contributed by atoms with Gasteiger partial charge in [-0.2, -0.15) is 0 Å². The first kappa shape index (κ1) is 22.2. The largest absolute Gasteiger partial charge is 0.493 e. The van der Waals surface area contributed by atoms with E-state index in [0.717, 1.165) is 17.7 Å². The zero-order valence-corrected chi connectivity index (χ0v) is 18.9. The first-order valence-corrected chi connectivity index (χ1v) is 11.0. The molecule has 1 atom stereocenters. The van der Waals surface area contributed by atoms with Gasteiger partial charge in [-0.25, -0.2) is 0 Å². The minimum Gasteiger partial charge on any atom is -0.493 e.